The highest BCUT2D eigenvalue weighted by Gasteiger charge is 2.30. The van der Waals surface area contributed by atoms with Crippen molar-refractivity contribution in [1.82, 2.24) is 4.90 Å². The van der Waals surface area contributed by atoms with Gasteiger partial charge in [0.1, 0.15) is 11.5 Å². The summed E-state index contributed by atoms with van der Waals surface area (Å²) in [5.41, 5.74) is 2.09. The van der Waals surface area contributed by atoms with Crippen LogP contribution in [0.1, 0.15) is 5.56 Å². The Morgan fingerprint density at radius 1 is 0.885 bits per heavy atom. The lowest BCUT2D eigenvalue weighted by atomic mass is 10.1. The van der Waals surface area contributed by atoms with Crippen molar-refractivity contribution in [2.24, 2.45) is 0 Å². The van der Waals surface area contributed by atoms with Crippen molar-refractivity contribution in [3.63, 3.8) is 0 Å². The molecule has 1 N–H and O–H groups in total. The van der Waals surface area contributed by atoms with Gasteiger partial charge in [0.2, 0.25) is 0 Å². The molecule has 4 nitrogen and oxygen atoms in total. The predicted octanol–water partition coefficient (Wildman–Crippen LogP) is 3.66. The number of alkyl halides is 3. The maximum absolute atomic E-state index is 12.2. The zero-order valence-electron chi connectivity index (χ0n) is 14.2. The number of phenols is 1. The van der Waals surface area contributed by atoms with E-state index in [1.165, 1.54) is 12.1 Å². The van der Waals surface area contributed by atoms with E-state index in [0.717, 1.165) is 50.4 Å². The first-order valence-electron chi connectivity index (χ1n) is 8.50. The fourth-order valence-electron chi connectivity index (χ4n) is 3.04. The van der Waals surface area contributed by atoms with Crippen molar-refractivity contribution in [2.45, 2.75) is 12.8 Å². The average molecular weight is 366 g/mol. The van der Waals surface area contributed by atoms with Crippen molar-refractivity contribution >= 4 is 5.69 Å². The monoisotopic (exact) mass is 366 g/mol. The highest BCUT2D eigenvalue weighted by Crippen LogP contribution is 2.23. The number of phenolic OH excluding ortho intramolecular Hbond substituents is 1. The largest absolute Gasteiger partial charge is 0.573 e. The molecule has 0 aliphatic carbocycles. The first kappa shape index (κ1) is 18.4. The SMILES string of the molecule is Oc1ccc(N2CCN(CCc3ccc(OC(F)(F)F)cc3)CC2)cc1. The van der Waals surface area contributed by atoms with E-state index in [1.54, 1.807) is 24.3 Å². The Morgan fingerprint density at radius 3 is 2.08 bits per heavy atom. The number of anilines is 1. The normalized spacial score (nSPS) is 15.9. The molecule has 0 spiro atoms. The molecule has 3 rings (SSSR count). The minimum atomic E-state index is -4.65. The molecule has 2 aromatic rings. The van der Waals surface area contributed by atoms with Crippen molar-refractivity contribution in [3.05, 3.63) is 54.1 Å². The Morgan fingerprint density at radius 2 is 1.50 bits per heavy atom. The first-order chi connectivity index (χ1) is 12.4. The van der Waals surface area contributed by atoms with E-state index in [4.69, 9.17) is 0 Å². The summed E-state index contributed by atoms with van der Waals surface area (Å²) < 4.78 is 40.4. The van der Waals surface area contributed by atoms with Crippen molar-refractivity contribution in [1.29, 1.82) is 0 Å². The molecule has 1 fully saturated rings. The molecule has 1 aliphatic heterocycles. The zero-order valence-corrected chi connectivity index (χ0v) is 14.2. The number of halogens is 3. The van der Waals surface area contributed by atoms with Gasteiger partial charge in [-0.25, -0.2) is 0 Å². The fraction of sp³-hybridized carbons (Fsp3) is 0.368. The summed E-state index contributed by atoms with van der Waals surface area (Å²) in [6.07, 6.45) is -3.87. The van der Waals surface area contributed by atoms with Gasteiger partial charge < -0.3 is 14.7 Å². The van der Waals surface area contributed by atoms with Gasteiger partial charge in [0, 0.05) is 38.4 Å². The molecular formula is C19H21F3N2O2. The number of aromatic hydroxyl groups is 1. The number of hydrogen-bond donors (Lipinski definition) is 1. The van der Waals surface area contributed by atoms with Crippen LogP contribution in [0.15, 0.2) is 48.5 Å². The fourth-order valence-corrected chi connectivity index (χ4v) is 3.04. The summed E-state index contributed by atoms with van der Waals surface area (Å²) in [7, 11) is 0. The Bertz CT molecular complexity index is 694. The van der Waals surface area contributed by atoms with Gasteiger partial charge in [-0.1, -0.05) is 12.1 Å². The second-order valence-corrected chi connectivity index (χ2v) is 6.29. The van der Waals surface area contributed by atoms with Gasteiger partial charge in [0.05, 0.1) is 0 Å². The van der Waals surface area contributed by atoms with Crippen LogP contribution in [-0.2, 0) is 6.42 Å². The maximum atomic E-state index is 12.2. The Balaban J connectivity index is 1.44. The smallest absolute Gasteiger partial charge is 0.508 e. The van der Waals surface area contributed by atoms with E-state index in [0.29, 0.717) is 0 Å². The first-order valence-corrected chi connectivity index (χ1v) is 8.50. The number of nitrogens with zero attached hydrogens (tertiary/aromatic N) is 2. The summed E-state index contributed by atoms with van der Waals surface area (Å²) in [5, 5.41) is 9.36. The molecule has 0 radical (unpaired) electrons. The van der Waals surface area contributed by atoms with Gasteiger partial charge in [-0.15, -0.1) is 13.2 Å². The van der Waals surface area contributed by atoms with E-state index in [-0.39, 0.29) is 11.5 Å². The molecule has 1 saturated heterocycles. The van der Waals surface area contributed by atoms with Gasteiger partial charge in [0.15, 0.2) is 0 Å². The summed E-state index contributed by atoms with van der Waals surface area (Å²) in [6, 6.07) is 13.3. The zero-order chi connectivity index (χ0) is 18.6. The van der Waals surface area contributed by atoms with Gasteiger partial charge in [-0.3, -0.25) is 4.90 Å². The quantitative estimate of drug-likeness (QED) is 0.876. The van der Waals surface area contributed by atoms with Gasteiger partial charge in [0.25, 0.3) is 0 Å². The van der Waals surface area contributed by atoms with Crippen LogP contribution in [0.4, 0.5) is 18.9 Å². The third-order valence-corrected chi connectivity index (χ3v) is 4.46. The highest BCUT2D eigenvalue weighted by molar-refractivity contribution is 5.49. The predicted molar refractivity (Wildman–Crippen MR) is 93.6 cm³/mol. The van der Waals surface area contributed by atoms with Crippen molar-refractivity contribution < 1.29 is 23.0 Å². The second kappa shape index (κ2) is 7.86. The number of piperazine rings is 1. The lowest BCUT2D eigenvalue weighted by molar-refractivity contribution is -0.274. The highest BCUT2D eigenvalue weighted by atomic mass is 19.4. The van der Waals surface area contributed by atoms with Crippen LogP contribution in [-0.4, -0.2) is 49.1 Å². The topological polar surface area (TPSA) is 35.9 Å². The summed E-state index contributed by atoms with van der Waals surface area (Å²) >= 11 is 0. The minimum absolute atomic E-state index is 0.191. The number of rotatable bonds is 5. The third kappa shape index (κ3) is 5.29. The molecule has 1 aliphatic rings. The Labute approximate surface area is 150 Å². The molecule has 0 amide bonds. The summed E-state index contributed by atoms with van der Waals surface area (Å²) in [5.74, 6) is 0.0720. The van der Waals surface area contributed by atoms with Crippen LogP contribution in [0.5, 0.6) is 11.5 Å². The minimum Gasteiger partial charge on any atom is -0.508 e. The van der Waals surface area contributed by atoms with Crippen LogP contribution >= 0.6 is 0 Å². The summed E-state index contributed by atoms with van der Waals surface area (Å²) in [6.45, 7) is 4.53. The molecular weight excluding hydrogens is 345 g/mol. The van der Waals surface area contributed by atoms with E-state index in [2.05, 4.69) is 14.5 Å². The van der Waals surface area contributed by atoms with Crippen LogP contribution in [0.2, 0.25) is 0 Å². The Hall–Kier alpha value is -2.41. The Kier molecular flexibility index (Phi) is 5.56. The standard InChI is InChI=1S/C19H21F3N2O2/c20-19(21,22)26-18-7-1-15(2-8-18)9-10-23-11-13-24(14-12-23)16-3-5-17(25)6-4-16/h1-8,25H,9-14H2. The molecule has 26 heavy (non-hydrogen) atoms. The lowest BCUT2D eigenvalue weighted by Crippen LogP contribution is -2.46. The average Bonchev–Trinajstić information content (AvgIpc) is 2.61. The third-order valence-electron chi connectivity index (χ3n) is 4.46. The number of hydrogen-bond acceptors (Lipinski definition) is 4. The van der Waals surface area contributed by atoms with Gasteiger partial charge >= 0.3 is 6.36 Å². The van der Waals surface area contributed by atoms with Crippen LogP contribution in [0.3, 0.4) is 0 Å². The van der Waals surface area contributed by atoms with Gasteiger partial charge in [-0.05, 0) is 48.4 Å². The van der Waals surface area contributed by atoms with Crippen LogP contribution in [0.25, 0.3) is 0 Å². The molecule has 0 bridgehead atoms. The van der Waals surface area contributed by atoms with Crippen molar-refractivity contribution in [2.75, 3.05) is 37.6 Å². The van der Waals surface area contributed by atoms with E-state index >= 15 is 0 Å². The van der Waals surface area contributed by atoms with Gasteiger partial charge in [-0.2, -0.15) is 0 Å². The number of ether oxygens (including phenoxy) is 1. The molecule has 7 heteroatoms. The molecule has 0 saturated carbocycles. The van der Waals surface area contributed by atoms with E-state index in [1.807, 2.05) is 12.1 Å². The second-order valence-electron chi connectivity index (χ2n) is 6.29. The molecule has 1 heterocycles. The molecule has 0 aromatic heterocycles. The molecule has 0 unspecified atom stereocenters. The van der Waals surface area contributed by atoms with Crippen molar-refractivity contribution in [3.8, 4) is 11.5 Å². The molecule has 0 atom stereocenters. The molecule has 140 valence electrons. The summed E-state index contributed by atoms with van der Waals surface area (Å²) in [4.78, 5) is 4.62. The van der Waals surface area contributed by atoms with E-state index < -0.39 is 6.36 Å². The van der Waals surface area contributed by atoms with Crippen LogP contribution < -0.4 is 9.64 Å². The van der Waals surface area contributed by atoms with E-state index in [9.17, 15) is 18.3 Å². The lowest BCUT2D eigenvalue weighted by Gasteiger charge is -2.36. The van der Waals surface area contributed by atoms with Crippen LogP contribution in [0, 0.1) is 0 Å². The molecule has 2 aromatic carbocycles. The maximum Gasteiger partial charge on any atom is 0.573 e. The number of benzene rings is 2.